The molecule has 0 aliphatic heterocycles. The molecule has 4 heteroatoms. The summed E-state index contributed by atoms with van der Waals surface area (Å²) in [7, 11) is 0. The molecule has 3 nitrogen and oxygen atoms in total. The first-order valence-corrected chi connectivity index (χ1v) is 8.37. The van der Waals surface area contributed by atoms with Gasteiger partial charge in [-0.05, 0) is 28.2 Å². The van der Waals surface area contributed by atoms with Crippen molar-refractivity contribution in [2.75, 3.05) is 18.1 Å². The third kappa shape index (κ3) is 4.76. The van der Waals surface area contributed by atoms with Gasteiger partial charge in [0, 0.05) is 18.7 Å². The second-order valence-electron chi connectivity index (χ2n) is 4.87. The smallest absolute Gasteiger partial charge is 0.220 e. The fraction of sp³-hybridized carbons (Fsp3) is 0.353. The van der Waals surface area contributed by atoms with Gasteiger partial charge in [-0.25, -0.2) is 0 Å². The van der Waals surface area contributed by atoms with Crippen LogP contribution in [0.3, 0.4) is 0 Å². The first-order chi connectivity index (χ1) is 10.2. The van der Waals surface area contributed by atoms with Crippen LogP contribution in [0.1, 0.15) is 25.0 Å². The predicted octanol–water partition coefficient (Wildman–Crippen LogP) is 3.13. The minimum Gasteiger partial charge on any atom is -0.387 e. The molecule has 0 aliphatic carbocycles. The van der Waals surface area contributed by atoms with Gasteiger partial charge in [0.15, 0.2) is 0 Å². The van der Waals surface area contributed by atoms with Crippen LogP contribution in [0.15, 0.2) is 42.5 Å². The van der Waals surface area contributed by atoms with Gasteiger partial charge in [0.25, 0.3) is 0 Å². The van der Waals surface area contributed by atoms with Crippen molar-refractivity contribution in [3.8, 4) is 0 Å². The van der Waals surface area contributed by atoms with Crippen LogP contribution in [0.25, 0.3) is 10.8 Å². The van der Waals surface area contributed by atoms with Gasteiger partial charge in [-0.2, -0.15) is 11.8 Å². The molecule has 1 unspecified atom stereocenters. The average molecular weight is 303 g/mol. The molecule has 1 amide bonds. The zero-order chi connectivity index (χ0) is 15.1. The Hall–Kier alpha value is -1.52. The van der Waals surface area contributed by atoms with Gasteiger partial charge in [-0.15, -0.1) is 0 Å². The van der Waals surface area contributed by atoms with Gasteiger partial charge < -0.3 is 10.4 Å². The van der Waals surface area contributed by atoms with E-state index in [2.05, 4.69) is 12.2 Å². The van der Waals surface area contributed by atoms with E-state index in [1.165, 1.54) is 0 Å². The summed E-state index contributed by atoms with van der Waals surface area (Å²) in [6, 6.07) is 13.9. The van der Waals surface area contributed by atoms with E-state index in [0.717, 1.165) is 27.8 Å². The Bertz CT molecular complexity index is 600. The first kappa shape index (κ1) is 15.9. The number of carbonyl (C=O) groups excluding carboxylic acids is 1. The number of carbonyl (C=O) groups is 1. The highest BCUT2D eigenvalue weighted by Crippen LogP contribution is 2.20. The highest BCUT2D eigenvalue weighted by Gasteiger charge is 2.10. The quantitative estimate of drug-likeness (QED) is 0.773. The van der Waals surface area contributed by atoms with Crippen molar-refractivity contribution in [3.05, 3.63) is 48.0 Å². The third-order valence-corrected chi connectivity index (χ3v) is 4.23. The molecule has 0 fully saturated rings. The van der Waals surface area contributed by atoms with Crippen LogP contribution in [0, 0.1) is 0 Å². The fourth-order valence-electron chi connectivity index (χ4n) is 2.14. The SMILES string of the molecule is CCSCCC(=O)NCC(O)c1ccc2ccccc2c1. The van der Waals surface area contributed by atoms with E-state index >= 15 is 0 Å². The summed E-state index contributed by atoms with van der Waals surface area (Å²) < 4.78 is 0. The van der Waals surface area contributed by atoms with Crippen molar-refractivity contribution in [1.29, 1.82) is 0 Å². The number of amides is 1. The van der Waals surface area contributed by atoms with Crippen molar-refractivity contribution in [2.24, 2.45) is 0 Å². The van der Waals surface area contributed by atoms with Crippen molar-refractivity contribution in [2.45, 2.75) is 19.4 Å². The molecule has 0 saturated carbocycles. The molecule has 2 aromatic carbocycles. The van der Waals surface area contributed by atoms with Crippen LogP contribution >= 0.6 is 11.8 Å². The van der Waals surface area contributed by atoms with Gasteiger partial charge >= 0.3 is 0 Å². The van der Waals surface area contributed by atoms with Crippen LogP contribution in [0.2, 0.25) is 0 Å². The summed E-state index contributed by atoms with van der Waals surface area (Å²) in [5, 5.41) is 15.2. The maximum Gasteiger partial charge on any atom is 0.220 e. The van der Waals surface area contributed by atoms with Crippen LogP contribution < -0.4 is 5.32 Å². The van der Waals surface area contributed by atoms with Crippen LogP contribution in [0.4, 0.5) is 0 Å². The van der Waals surface area contributed by atoms with E-state index in [-0.39, 0.29) is 12.5 Å². The Balaban J connectivity index is 1.89. The average Bonchev–Trinajstić information content (AvgIpc) is 2.52. The summed E-state index contributed by atoms with van der Waals surface area (Å²) in [6.07, 6.45) is -0.166. The molecule has 0 aliphatic rings. The molecule has 0 radical (unpaired) electrons. The van der Waals surface area contributed by atoms with E-state index in [1.807, 2.05) is 42.5 Å². The molecule has 21 heavy (non-hydrogen) atoms. The Morgan fingerprint density at radius 3 is 2.76 bits per heavy atom. The molecular formula is C17H21NO2S. The third-order valence-electron chi connectivity index (χ3n) is 3.33. The summed E-state index contributed by atoms with van der Waals surface area (Å²) in [5.74, 6) is 1.84. The minimum absolute atomic E-state index is 0.00390. The molecule has 1 atom stereocenters. The van der Waals surface area contributed by atoms with Gasteiger partial charge in [-0.1, -0.05) is 43.3 Å². The Labute approximate surface area is 129 Å². The topological polar surface area (TPSA) is 49.3 Å². The molecule has 0 bridgehead atoms. The molecule has 0 heterocycles. The largest absolute Gasteiger partial charge is 0.387 e. The molecule has 0 saturated heterocycles. The Morgan fingerprint density at radius 2 is 2.00 bits per heavy atom. The monoisotopic (exact) mass is 303 g/mol. The van der Waals surface area contributed by atoms with Gasteiger partial charge in [0.1, 0.15) is 0 Å². The van der Waals surface area contributed by atoms with Crippen molar-refractivity contribution in [1.82, 2.24) is 5.32 Å². The van der Waals surface area contributed by atoms with E-state index < -0.39 is 6.10 Å². The fourth-order valence-corrected chi connectivity index (χ4v) is 2.76. The molecular weight excluding hydrogens is 282 g/mol. The number of nitrogens with one attached hydrogen (secondary N) is 1. The molecule has 2 rings (SSSR count). The number of benzene rings is 2. The maximum absolute atomic E-state index is 11.6. The summed E-state index contributed by atoms with van der Waals surface area (Å²) in [5.41, 5.74) is 0.830. The molecule has 2 aromatic rings. The number of hydrogen-bond donors (Lipinski definition) is 2. The summed E-state index contributed by atoms with van der Waals surface area (Å²) in [6.45, 7) is 2.33. The normalized spacial score (nSPS) is 12.3. The van der Waals surface area contributed by atoms with Crippen LogP contribution in [-0.4, -0.2) is 29.1 Å². The second kappa shape index (κ2) is 8.05. The van der Waals surface area contributed by atoms with E-state index in [0.29, 0.717) is 6.42 Å². The summed E-state index contributed by atoms with van der Waals surface area (Å²) in [4.78, 5) is 11.6. The van der Waals surface area contributed by atoms with Crippen molar-refractivity contribution >= 4 is 28.4 Å². The molecule has 0 spiro atoms. The highest BCUT2D eigenvalue weighted by atomic mass is 32.2. The number of hydrogen-bond acceptors (Lipinski definition) is 3. The van der Waals surface area contributed by atoms with E-state index in [1.54, 1.807) is 11.8 Å². The van der Waals surface area contributed by atoms with Gasteiger partial charge in [0.2, 0.25) is 5.91 Å². The standard InChI is InChI=1S/C17H21NO2S/c1-2-21-10-9-17(20)18-12-16(19)15-8-7-13-5-3-4-6-14(13)11-15/h3-8,11,16,19H,2,9-10,12H2,1H3,(H,18,20). The predicted molar refractivity (Wildman–Crippen MR) is 89.5 cm³/mol. The number of fused-ring (bicyclic) bond motifs is 1. The van der Waals surface area contributed by atoms with E-state index in [4.69, 9.17) is 0 Å². The number of aliphatic hydroxyl groups excluding tert-OH is 1. The summed E-state index contributed by atoms with van der Waals surface area (Å²) >= 11 is 1.75. The highest BCUT2D eigenvalue weighted by molar-refractivity contribution is 7.99. The minimum atomic E-state index is -0.669. The number of aliphatic hydroxyl groups is 1. The van der Waals surface area contributed by atoms with Crippen molar-refractivity contribution < 1.29 is 9.90 Å². The van der Waals surface area contributed by atoms with Crippen molar-refractivity contribution in [3.63, 3.8) is 0 Å². The van der Waals surface area contributed by atoms with Gasteiger partial charge in [-0.3, -0.25) is 4.79 Å². The van der Waals surface area contributed by atoms with E-state index in [9.17, 15) is 9.90 Å². The molecule has 0 aromatic heterocycles. The lowest BCUT2D eigenvalue weighted by Crippen LogP contribution is -2.28. The number of thioether (sulfide) groups is 1. The number of rotatable bonds is 7. The lowest BCUT2D eigenvalue weighted by atomic mass is 10.0. The molecule has 2 N–H and O–H groups in total. The second-order valence-corrected chi connectivity index (χ2v) is 6.27. The zero-order valence-electron chi connectivity index (χ0n) is 12.2. The Kier molecular flexibility index (Phi) is 6.08. The molecule has 112 valence electrons. The lowest BCUT2D eigenvalue weighted by molar-refractivity contribution is -0.121. The lowest BCUT2D eigenvalue weighted by Gasteiger charge is -2.13. The zero-order valence-corrected chi connectivity index (χ0v) is 13.0. The maximum atomic E-state index is 11.6. The Morgan fingerprint density at radius 1 is 1.24 bits per heavy atom. The van der Waals surface area contributed by atoms with Gasteiger partial charge in [0.05, 0.1) is 6.10 Å². The van der Waals surface area contributed by atoms with Crippen LogP contribution in [-0.2, 0) is 4.79 Å². The van der Waals surface area contributed by atoms with Crippen LogP contribution in [0.5, 0.6) is 0 Å². The first-order valence-electron chi connectivity index (χ1n) is 7.22.